The second-order valence-corrected chi connectivity index (χ2v) is 6.91. The third-order valence-corrected chi connectivity index (χ3v) is 4.04. The summed E-state index contributed by atoms with van der Waals surface area (Å²) in [6, 6.07) is 12.8. The molecule has 0 bridgehead atoms. The second kappa shape index (κ2) is 8.67. The van der Waals surface area contributed by atoms with E-state index < -0.39 is 5.91 Å². The number of hydrogen-bond donors (Lipinski definition) is 2. The lowest BCUT2D eigenvalue weighted by molar-refractivity contribution is -0.123. The fourth-order valence-corrected chi connectivity index (χ4v) is 2.65. The van der Waals surface area contributed by atoms with Gasteiger partial charge < -0.3 is 4.74 Å². The average molecular weight is 405 g/mol. The molecule has 2 amide bonds. The minimum absolute atomic E-state index is 0.185. The number of halogens is 1. The first kappa shape index (κ1) is 19.0. The Hall–Kier alpha value is -2.34. The third kappa shape index (κ3) is 5.60. The van der Waals surface area contributed by atoms with Crippen LogP contribution in [0.25, 0.3) is 0 Å². The normalized spacial score (nSPS) is 10.4. The molecule has 25 heavy (non-hydrogen) atoms. The van der Waals surface area contributed by atoms with E-state index in [0.717, 1.165) is 15.6 Å². The molecule has 5 nitrogen and oxygen atoms in total. The Morgan fingerprint density at radius 3 is 2.56 bits per heavy atom. The standard InChI is InChI=1S/C19H21BrN2O3/c1-12(2)16-10-15(20)7-8-17(16)25-11-18(23)21-22-19(24)14-6-4-5-13(3)9-14/h4-10,12H,11H2,1-3H3,(H,21,23)(H,22,24). The van der Waals surface area contributed by atoms with Crippen LogP contribution in [0, 0.1) is 6.92 Å². The summed E-state index contributed by atoms with van der Waals surface area (Å²) in [5.74, 6) is 0.108. The Balaban J connectivity index is 1.88. The van der Waals surface area contributed by atoms with Crippen molar-refractivity contribution < 1.29 is 14.3 Å². The first-order valence-corrected chi connectivity index (χ1v) is 8.74. The molecule has 0 aliphatic carbocycles. The molecule has 0 unspecified atom stereocenters. The van der Waals surface area contributed by atoms with Gasteiger partial charge in [-0.3, -0.25) is 20.4 Å². The molecule has 0 saturated carbocycles. The molecule has 0 aliphatic rings. The van der Waals surface area contributed by atoms with Gasteiger partial charge in [0.1, 0.15) is 5.75 Å². The van der Waals surface area contributed by atoms with Gasteiger partial charge in [0.2, 0.25) is 0 Å². The number of hydrogen-bond acceptors (Lipinski definition) is 3. The van der Waals surface area contributed by atoms with Gasteiger partial charge in [-0.15, -0.1) is 0 Å². The van der Waals surface area contributed by atoms with Crippen LogP contribution in [0.2, 0.25) is 0 Å². The highest BCUT2D eigenvalue weighted by Crippen LogP contribution is 2.29. The van der Waals surface area contributed by atoms with Crippen molar-refractivity contribution in [1.82, 2.24) is 10.9 Å². The van der Waals surface area contributed by atoms with E-state index in [0.29, 0.717) is 11.3 Å². The topological polar surface area (TPSA) is 67.4 Å². The van der Waals surface area contributed by atoms with Crippen molar-refractivity contribution in [2.24, 2.45) is 0 Å². The van der Waals surface area contributed by atoms with E-state index in [1.165, 1.54) is 0 Å². The summed E-state index contributed by atoms with van der Waals surface area (Å²) in [4.78, 5) is 23.9. The molecule has 2 aromatic rings. The lowest BCUT2D eigenvalue weighted by atomic mass is 10.0. The van der Waals surface area contributed by atoms with Crippen LogP contribution in [0.3, 0.4) is 0 Å². The van der Waals surface area contributed by atoms with E-state index in [1.807, 2.05) is 31.2 Å². The smallest absolute Gasteiger partial charge is 0.276 e. The molecule has 0 fully saturated rings. The first-order valence-electron chi connectivity index (χ1n) is 7.95. The summed E-state index contributed by atoms with van der Waals surface area (Å²) in [6.45, 7) is 5.82. The summed E-state index contributed by atoms with van der Waals surface area (Å²) >= 11 is 3.43. The highest BCUT2D eigenvalue weighted by atomic mass is 79.9. The Bertz CT molecular complexity index is 775. The molecule has 0 aromatic heterocycles. The van der Waals surface area contributed by atoms with Gasteiger partial charge in [-0.2, -0.15) is 0 Å². The molecule has 0 radical (unpaired) electrons. The van der Waals surface area contributed by atoms with Crippen LogP contribution < -0.4 is 15.6 Å². The van der Waals surface area contributed by atoms with Crippen LogP contribution in [0.1, 0.15) is 41.3 Å². The van der Waals surface area contributed by atoms with Crippen molar-refractivity contribution >= 4 is 27.7 Å². The first-order chi connectivity index (χ1) is 11.9. The largest absolute Gasteiger partial charge is 0.483 e. The van der Waals surface area contributed by atoms with Crippen LogP contribution in [0.15, 0.2) is 46.9 Å². The number of hydrazine groups is 1. The number of aryl methyl sites for hydroxylation is 1. The molecule has 0 spiro atoms. The van der Waals surface area contributed by atoms with Gasteiger partial charge in [0.05, 0.1) is 0 Å². The van der Waals surface area contributed by atoms with Crippen molar-refractivity contribution in [3.63, 3.8) is 0 Å². The number of benzene rings is 2. The fraction of sp³-hybridized carbons (Fsp3) is 0.263. The van der Waals surface area contributed by atoms with Crippen LogP contribution in [0.5, 0.6) is 5.75 Å². The van der Waals surface area contributed by atoms with E-state index in [2.05, 4.69) is 40.6 Å². The summed E-state index contributed by atoms with van der Waals surface area (Å²) in [5.41, 5.74) is 7.20. The number of nitrogens with one attached hydrogen (secondary N) is 2. The van der Waals surface area contributed by atoms with Crippen LogP contribution in [-0.4, -0.2) is 18.4 Å². The average Bonchev–Trinajstić information content (AvgIpc) is 2.58. The Morgan fingerprint density at radius 1 is 1.12 bits per heavy atom. The Kier molecular flexibility index (Phi) is 6.58. The molecule has 2 aromatic carbocycles. The van der Waals surface area contributed by atoms with Gasteiger partial charge in [0.25, 0.3) is 11.8 Å². The summed E-state index contributed by atoms with van der Waals surface area (Å²) in [5, 5.41) is 0. The van der Waals surface area contributed by atoms with E-state index in [-0.39, 0.29) is 18.4 Å². The summed E-state index contributed by atoms with van der Waals surface area (Å²) in [6.07, 6.45) is 0. The number of amides is 2. The molecule has 132 valence electrons. The molecule has 0 aliphatic heterocycles. The van der Waals surface area contributed by atoms with Gasteiger partial charge in [-0.1, -0.05) is 47.5 Å². The number of carbonyl (C=O) groups is 2. The molecule has 2 N–H and O–H groups in total. The molecule has 6 heteroatoms. The molecular weight excluding hydrogens is 384 g/mol. The second-order valence-electron chi connectivity index (χ2n) is 6.00. The Labute approximate surface area is 155 Å². The maximum absolute atomic E-state index is 12.0. The predicted octanol–water partition coefficient (Wildman–Crippen LogP) is 3.72. The zero-order valence-electron chi connectivity index (χ0n) is 14.4. The molecular formula is C19H21BrN2O3. The van der Waals surface area contributed by atoms with Crippen molar-refractivity contribution in [1.29, 1.82) is 0 Å². The highest BCUT2D eigenvalue weighted by Gasteiger charge is 2.11. The molecule has 0 saturated heterocycles. The SMILES string of the molecule is Cc1cccc(C(=O)NNC(=O)COc2ccc(Br)cc2C(C)C)c1. The minimum atomic E-state index is -0.432. The predicted molar refractivity (Wildman–Crippen MR) is 101 cm³/mol. The van der Waals surface area contributed by atoms with E-state index >= 15 is 0 Å². The third-order valence-electron chi connectivity index (χ3n) is 3.55. The van der Waals surface area contributed by atoms with Crippen molar-refractivity contribution in [3.8, 4) is 5.75 Å². The van der Waals surface area contributed by atoms with Crippen molar-refractivity contribution in [2.45, 2.75) is 26.7 Å². The maximum atomic E-state index is 12.0. The molecule has 0 atom stereocenters. The quantitative estimate of drug-likeness (QED) is 0.746. The number of carbonyl (C=O) groups excluding carboxylic acids is 2. The minimum Gasteiger partial charge on any atom is -0.483 e. The van der Waals surface area contributed by atoms with Crippen molar-refractivity contribution in [3.05, 3.63) is 63.6 Å². The zero-order valence-corrected chi connectivity index (χ0v) is 16.0. The summed E-state index contributed by atoms with van der Waals surface area (Å²) < 4.78 is 6.55. The van der Waals surface area contributed by atoms with E-state index in [9.17, 15) is 9.59 Å². The number of ether oxygens (including phenoxy) is 1. The van der Waals surface area contributed by atoms with Gasteiger partial charge in [-0.25, -0.2) is 0 Å². The van der Waals surface area contributed by atoms with E-state index in [4.69, 9.17) is 4.74 Å². The number of rotatable bonds is 5. The monoisotopic (exact) mass is 404 g/mol. The lowest BCUT2D eigenvalue weighted by Gasteiger charge is -2.14. The molecule has 0 heterocycles. The zero-order chi connectivity index (χ0) is 18.4. The fourth-order valence-electron chi connectivity index (χ4n) is 2.27. The van der Waals surface area contributed by atoms with Crippen LogP contribution in [-0.2, 0) is 4.79 Å². The van der Waals surface area contributed by atoms with Gasteiger partial charge in [0, 0.05) is 10.0 Å². The maximum Gasteiger partial charge on any atom is 0.276 e. The van der Waals surface area contributed by atoms with Gasteiger partial charge in [-0.05, 0) is 48.7 Å². The van der Waals surface area contributed by atoms with Crippen LogP contribution >= 0.6 is 15.9 Å². The van der Waals surface area contributed by atoms with Gasteiger partial charge >= 0.3 is 0 Å². The molecule has 2 rings (SSSR count). The van der Waals surface area contributed by atoms with Crippen molar-refractivity contribution in [2.75, 3.05) is 6.61 Å². The van der Waals surface area contributed by atoms with Crippen LogP contribution in [0.4, 0.5) is 0 Å². The Morgan fingerprint density at radius 2 is 1.88 bits per heavy atom. The lowest BCUT2D eigenvalue weighted by Crippen LogP contribution is -2.43. The van der Waals surface area contributed by atoms with Gasteiger partial charge in [0.15, 0.2) is 6.61 Å². The summed E-state index contributed by atoms with van der Waals surface area (Å²) in [7, 11) is 0. The van der Waals surface area contributed by atoms with E-state index in [1.54, 1.807) is 18.2 Å². The highest BCUT2D eigenvalue weighted by molar-refractivity contribution is 9.10.